The second-order valence-electron chi connectivity index (χ2n) is 5.31. The van der Waals surface area contributed by atoms with Gasteiger partial charge in [0.1, 0.15) is 17.4 Å². The molecule has 0 unspecified atom stereocenters. The van der Waals surface area contributed by atoms with Crippen molar-refractivity contribution >= 4 is 84.8 Å². The summed E-state index contributed by atoms with van der Waals surface area (Å²) >= 11 is 7.47. The van der Waals surface area contributed by atoms with E-state index in [2.05, 4.69) is 71.2 Å². The summed E-state index contributed by atoms with van der Waals surface area (Å²) in [4.78, 5) is 23.6. The first-order valence-electron chi connectivity index (χ1n) is 7.71. The maximum Gasteiger partial charge on any atom is 0.343 e. The fraction of sp³-hybridized carbons (Fsp3) is 0.105. The third kappa shape index (κ3) is 6.46. The van der Waals surface area contributed by atoms with Crippen LogP contribution in [0.25, 0.3) is 6.08 Å². The maximum absolute atomic E-state index is 12.4. The zero-order chi connectivity index (χ0) is 20.7. The molecule has 9 heteroatoms. The number of rotatable bonds is 6. The lowest BCUT2D eigenvalue weighted by molar-refractivity contribution is -0.142. The fourth-order valence-corrected chi connectivity index (χ4v) is 4.43. The second kappa shape index (κ2) is 10.8. The number of ether oxygens (including phenoxy) is 2. The van der Waals surface area contributed by atoms with Crippen LogP contribution in [0.3, 0.4) is 0 Å². The van der Waals surface area contributed by atoms with Gasteiger partial charge in [-0.15, -0.1) is 0 Å². The lowest BCUT2D eigenvalue weighted by atomic mass is 10.1. The van der Waals surface area contributed by atoms with Gasteiger partial charge in [-0.1, -0.05) is 15.9 Å². The number of anilines is 1. The predicted octanol–water partition coefficient (Wildman–Crippen LogP) is 4.76. The van der Waals surface area contributed by atoms with Crippen molar-refractivity contribution in [2.24, 2.45) is 0 Å². The first-order chi connectivity index (χ1) is 13.3. The van der Waals surface area contributed by atoms with Crippen molar-refractivity contribution in [2.75, 3.05) is 19.0 Å². The van der Waals surface area contributed by atoms with E-state index in [-0.39, 0.29) is 12.2 Å². The highest BCUT2D eigenvalue weighted by Crippen LogP contribution is 2.30. The van der Waals surface area contributed by atoms with Crippen LogP contribution in [0.2, 0.25) is 0 Å². The van der Waals surface area contributed by atoms with Gasteiger partial charge in [0.25, 0.3) is 5.91 Å². The summed E-state index contributed by atoms with van der Waals surface area (Å²) in [5.74, 6) is -0.436. The molecule has 0 saturated heterocycles. The van der Waals surface area contributed by atoms with E-state index in [0.717, 1.165) is 11.6 Å². The summed E-state index contributed by atoms with van der Waals surface area (Å²) in [6.07, 6.45) is 1.50. The summed E-state index contributed by atoms with van der Waals surface area (Å²) in [5, 5.41) is 12.1. The molecule has 28 heavy (non-hydrogen) atoms. The summed E-state index contributed by atoms with van der Waals surface area (Å²) in [5.41, 5.74) is 1.23. The number of methoxy groups -OCH3 is 1. The minimum absolute atomic E-state index is 0.0299. The van der Waals surface area contributed by atoms with Crippen LogP contribution in [0.15, 0.2) is 46.4 Å². The molecule has 0 aliphatic rings. The molecular weight excluding hydrogens is 654 g/mol. The number of amides is 1. The lowest BCUT2D eigenvalue weighted by Crippen LogP contribution is -2.14. The third-order valence-corrected chi connectivity index (χ3v) is 5.49. The number of nitrogens with zero attached hydrogens (tertiary/aromatic N) is 1. The molecule has 0 aliphatic heterocycles. The van der Waals surface area contributed by atoms with Crippen LogP contribution in [0.4, 0.5) is 5.69 Å². The van der Waals surface area contributed by atoms with Crippen molar-refractivity contribution in [2.45, 2.75) is 0 Å². The van der Waals surface area contributed by atoms with E-state index in [1.54, 1.807) is 36.4 Å². The molecule has 6 nitrogen and oxygen atoms in total. The molecule has 2 rings (SSSR count). The van der Waals surface area contributed by atoms with Gasteiger partial charge in [0.05, 0.1) is 14.3 Å². The standard InChI is InChI=1S/C19H13BrI2N2O4/c1-27-17(25)10-28-18-15(21)7-11(8-16(18)22)6-12(9-23)19(26)24-14-4-2-13(20)3-5-14/h2-8H,10H2,1H3,(H,24,26)/b12-6-. The van der Waals surface area contributed by atoms with Gasteiger partial charge < -0.3 is 14.8 Å². The van der Waals surface area contributed by atoms with Crippen LogP contribution >= 0.6 is 61.1 Å². The molecule has 2 aromatic rings. The van der Waals surface area contributed by atoms with Crippen molar-refractivity contribution in [3.8, 4) is 11.8 Å². The van der Waals surface area contributed by atoms with Crippen LogP contribution in [-0.2, 0) is 14.3 Å². The predicted molar refractivity (Wildman–Crippen MR) is 126 cm³/mol. The van der Waals surface area contributed by atoms with Gasteiger partial charge in [0.2, 0.25) is 0 Å². The van der Waals surface area contributed by atoms with Crippen LogP contribution in [0.5, 0.6) is 5.75 Å². The highest BCUT2D eigenvalue weighted by atomic mass is 127. The zero-order valence-electron chi connectivity index (χ0n) is 14.5. The molecule has 0 heterocycles. The Morgan fingerprint density at radius 2 is 1.82 bits per heavy atom. The average Bonchev–Trinajstić information content (AvgIpc) is 2.66. The molecule has 0 radical (unpaired) electrons. The number of nitrogens with one attached hydrogen (secondary N) is 1. The van der Waals surface area contributed by atoms with Crippen molar-refractivity contribution in [1.82, 2.24) is 0 Å². The molecular formula is C19H13BrI2N2O4. The lowest BCUT2D eigenvalue weighted by Gasteiger charge is -2.11. The molecule has 1 amide bonds. The monoisotopic (exact) mass is 666 g/mol. The van der Waals surface area contributed by atoms with Gasteiger partial charge in [-0.25, -0.2) is 4.79 Å². The summed E-state index contributed by atoms with van der Waals surface area (Å²) in [7, 11) is 1.29. The topological polar surface area (TPSA) is 88.4 Å². The Kier molecular flexibility index (Phi) is 8.71. The number of nitriles is 1. The Morgan fingerprint density at radius 3 is 2.36 bits per heavy atom. The number of hydrogen-bond donors (Lipinski definition) is 1. The van der Waals surface area contributed by atoms with E-state index >= 15 is 0 Å². The number of benzene rings is 2. The van der Waals surface area contributed by atoms with E-state index in [4.69, 9.17) is 4.74 Å². The smallest absolute Gasteiger partial charge is 0.343 e. The van der Waals surface area contributed by atoms with Crippen LogP contribution in [0, 0.1) is 18.5 Å². The number of halogens is 3. The Bertz CT molecular complexity index is 946. The molecule has 144 valence electrons. The van der Waals surface area contributed by atoms with Gasteiger partial charge in [0.15, 0.2) is 6.61 Å². The van der Waals surface area contributed by atoms with Gasteiger partial charge >= 0.3 is 5.97 Å². The van der Waals surface area contributed by atoms with Crippen molar-refractivity contribution < 1.29 is 19.1 Å². The molecule has 1 N–H and O–H groups in total. The molecule has 0 spiro atoms. The Labute approximate surface area is 197 Å². The number of carbonyl (C=O) groups is 2. The van der Waals surface area contributed by atoms with E-state index in [1.165, 1.54) is 13.2 Å². The quantitative estimate of drug-likeness (QED) is 0.208. The summed E-state index contributed by atoms with van der Waals surface area (Å²) < 4.78 is 12.4. The molecule has 0 bridgehead atoms. The third-order valence-electron chi connectivity index (χ3n) is 3.36. The van der Waals surface area contributed by atoms with E-state index in [1.807, 2.05) is 6.07 Å². The van der Waals surface area contributed by atoms with Crippen LogP contribution < -0.4 is 10.1 Å². The fourth-order valence-electron chi connectivity index (χ4n) is 2.04. The Balaban J connectivity index is 2.21. The molecule has 0 fully saturated rings. The van der Waals surface area contributed by atoms with E-state index in [9.17, 15) is 14.9 Å². The van der Waals surface area contributed by atoms with Gasteiger partial charge in [-0.05, 0) is 93.2 Å². The van der Waals surface area contributed by atoms with Crippen molar-refractivity contribution in [3.63, 3.8) is 0 Å². The second-order valence-corrected chi connectivity index (χ2v) is 8.55. The first kappa shape index (κ1) is 22.6. The van der Waals surface area contributed by atoms with Crippen LogP contribution in [-0.4, -0.2) is 25.6 Å². The summed E-state index contributed by atoms with van der Waals surface area (Å²) in [6, 6.07) is 12.5. The Hall–Kier alpha value is -1.65. The molecule has 2 aromatic carbocycles. The first-order valence-corrected chi connectivity index (χ1v) is 10.7. The highest BCUT2D eigenvalue weighted by molar-refractivity contribution is 14.1. The SMILES string of the molecule is COC(=O)COc1c(I)cc(/C=C(/C#N)C(=O)Nc2ccc(Br)cc2)cc1I. The zero-order valence-corrected chi connectivity index (χ0v) is 20.4. The van der Waals surface area contributed by atoms with E-state index < -0.39 is 11.9 Å². The molecule has 0 atom stereocenters. The highest BCUT2D eigenvalue weighted by Gasteiger charge is 2.13. The largest absolute Gasteiger partial charge is 0.480 e. The minimum Gasteiger partial charge on any atom is -0.480 e. The number of hydrogen-bond acceptors (Lipinski definition) is 5. The Morgan fingerprint density at radius 1 is 1.21 bits per heavy atom. The van der Waals surface area contributed by atoms with Gasteiger partial charge in [0, 0.05) is 10.2 Å². The van der Waals surface area contributed by atoms with E-state index in [0.29, 0.717) is 17.0 Å². The van der Waals surface area contributed by atoms with Gasteiger partial charge in [-0.2, -0.15) is 5.26 Å². The van der Waals surface area contributed by atoms with Crippen LogP contribution in [0.1, 0.15) is 5.56 Å². The van der Waals surface area contributed by atoms with Crippen molar-refractivity contribution in [1.29, 1.82) is 5.26 Å². The summed E-state index contributed by atoms with van der Waals surface area (Å²) in [6.45, 7) is -0.198. The minimum atomic E-state index is -0.499. The van der Waals surface area contributed by atoms with Crippen molar-refractivity contribution in [3.05, 3.63) is 59.1 Å². The average molecular weight is 667 g/mol. The molecule has 0 aromatic heterocycles. The number of carbonyl (C=O) groups excluding carboxylic acids is 2. The normalized spacial score (nSPS) is 10.8. The molecule has 0 saturated carbocycles. The molecule has 0 aliphatic carbocycles. The van der Waals surface area contributed by atoms with Gasteiger partial charge in [-0.3, -0.25) is 4.79 Å². The maximum atomic E-state index is 12.4. The number of esters is 1.